The molecule has 0 unspecified atom stereocenters. The molecule has 1 aliphatic heterocycles. The van der Waals surface area contributed by atoms with Gasteiger partial charge in [-0.3, -0.25) is 4.79 Å². The van der Waals surface area contributed by atoms with Crippen LogP contribution >= 0.6 is 0 Å². The number of alkyl halides is 3. The zero-order chi connectivity index (χ0) is 24.1. The van der Waals surface area contributed by atoms with Gasteiger partial charge >= 0.3 is 6.36 Å². The molecular weight excluding hydrogens is 451 g/mol. The van der Waals surface area contributed by atoms with Gasteiger partial charge in [-0.15, -0.1) is 13.2 Å². The molecule has 3 aromatic rings. The van der Waals surface area contributed by atoms with Gasteiger partial charge in [0.1, 0.15) is 24.2 Å². The third-order valence-electron chi connectivity index (χ3n) is 5.38. The number of carbonyl (C=O) groups excluding carboxylic acids is 2. The van der Waals surface area contributed by atoms with Crippen molar-refractivity contribution >= 4 is 23.7 Å². The molecule has 1 saturated heterocycles. The topological polar surface area (TPSA) is 97.3 Å². The number of nitrogens with one attached hydrogen (secondary N) is 1. The standard InChI is InChI=1S/C23H20F3N5O3/c24-23(25,26)34-19-3-1-18(2-4-19)30-22(33)16-9-20(17-10-27-14-28-11-17)21(29-12-16)31-7-5-15(13-32)6-8-31/h1-4,9-15H,5-8H2,(H,30,33). The minimum Gasteiger partial charge on any atom is -0.406 e. The van der Waals surface area contributed by atoms with Crippen LogP contribution in [-0.2, 0) is 4.79 Å². The molecule has 4 rings (SSSR count). The van der Waals surface area contributed by atoms with Crippen LogP contribution in [0, 0.1) is 5.92 Å². The van der Waals surface area contributed by atoms with Gasteiger partial charge in [-0.25, -0.2) is 15.0 Å². The summed E-state index contributed by atoms with van der Waals surface area (Å²) in [6.07, 6.45) is 3.68. The Balaban J connectivity index is 1.56. The normalized spacial score (nSPS) is 14.5. The Bertz CT molecular complexity index is 1150. The summed E-state index contributed by atoms with van der Waals surface area (Å²) in [5, 5.41) is 2.64. The van der Waals surface area contributed by atoms with E-state index in [2.05, 4.69) is 29.9 Å². The SMILES string of the molecule is O=CC1CCN(c2ncc(C(=O)Nc3ccc(OC(F)(F)F)cc3)cc2-c2cncnc2)CC1. The molecule has 0 spiro atoms. The third-order valence-corrected chi connectivity index (χ3v) is 5.38. The molecule has 1 aliphatic rings. The fraction of sp³-hybridized carbons (Fsp3) is 0.261. The van der Waals surface area contributed by atoms with Gasteiger partial charge in [0.15, 0.2) is 0 Å². The number of piperidine rings is 1. The van der Waals surface area contributed by atoms with Crippen molar-refractivity contribution in [1.29, 1.82) is 0 Å². The highest BCUT2D eigenvalue weighted by atomic mass is 19.4. The molecule has 0 radical (unpaired) electrons. The highest BCUT2D eigenvalue weighted by molar-refractivity contribution is 6.05. The highest BCUT2D eigenvalue weighted by Gasteiger charge is 2.31. The van der Waals surface area contributed by atoms with Crippen LogP contribution in [0.4, 0.5) is 24.7 Å². The lowest BCUT2D eigenvalue weighted by atomic mass is 9.97. The molecule has 8 nitrogen and oxygen atoms in total. The zero-order valence-electron chi connectivity index (χ0n) is 17.8. The Hall–Kier alpha value is -4.02. The molecule has 0 saturated carbocycles. The Morgan fingerprint density at radius 3 is 2.38 bits per heavy atom. The summed E-state index contributed by atoms with van der Waals surface area (Å²) in [4.78, 5) is 38.6. The van der Waals surface area contributed by atoms with Crippen molar-refractivity contribution in [2.24, 2.45) is 5.92 Å². The Kier molecular flexibility index (Phi) is 6.71. The summed E-state index contributed by atoms with van der Waals surface area (Å²) >= 11 is 0. The number of ether oxygens (including phenoxy) is 1. The third kappa shape index (κ3) is 5.66. The maximum atomic E-state index is 12.8. The summed E-state index contributed by atoms with van der Waals surface area (Å²) in [7, 11) is 0. The van der Waals surface area contributed by atoms with Gasteiger partial charge in [0.05, 0.1) is 5.56 Å². The van der Waals surface area contributed by atoms with E-state index in [1.165, 1.54) is 24.7 Å². The van der Waals surface area contributed by atoms with E-state index in [0.29, 0.717) is 48.6 Å². The minimum atomic E-state index is -4.79. The number of benzene rings is 1. The van der Waals surface area contributed by atoms with E-state index in [4.69, 9.17) is 0 Å². The van der Waals surface area contributed by atoms with Crippen LogP contribution < -0.4 is 15.0 Å². The predicted molar refractivity (Wildman–Crippen MR) is 117 cm³/mol. The number of amides is 1. The molecule has 1 aromatic carbocycles. The zero-order valence-corrected chi connectivity index (χ0v) is 17.8. The van der Waals surface area contributed by atoms with Crippen LogP contribution in [0.15, 0.2) is 55.2 Å². The summed E-state index contributed by atoms with van der Waals surface area (Å²) in [6, 6.07) is 6.51. The second kappa shape index (κ2) is 9.86. The first kappa shape index (κ1) is 23.1. The van der Waals surface area contributed by atoms with E-state index >= 15 is 0 Å². The minimum absolute atomic E-state index is 0.0257. The van der Waals surface area contributed by atoms with Crippen molar-refractivity contribution < 1.29 is 27.5 Å². The number of nitrogens with zero attached hydrogens (tertiary/aromatic N) is 4. The van der Waals surface area contributed by atoms with E-state index in [1.54, 1.807) is 18.5 Å². The van der Waals surface area contributed by atoms with Crippen LogP contribution in [0.5, 0.6) is 5.75 Å². The van der Waals surface area contributed by atoms with Crippen molar-refractivity contribution in [3.05, 3.63) is 60.8 Å². The first-order chi connectivity index (χ1) is 16.3. The average Bonchev–Trinajstić information content (AvgIpc) is 2.84. The van der Waals surface area contributed by atoms with Crippen molar-refractivity contribution in [3.8, 4) is 16.9 Å². The summed E-state index contributed by atoms with van der Waals surface area (Å²) in [5.74, 6) is -0.190. The van der Waals surface area contributed by atoms with Gasteiger partial charge in [-0.05, 0) is 43.2 Å². The van der Waals surface area contributed by atoms with Gasteiger partial charge < -0.3 is 19.7 Å². The van der Waals surface area contributed by atoms with Crippen LogP contribution in [0.3, 0.4) is 0 Å². The fourth-order valence-corrected chi connectivity index (χ4v) is 3.67. The molecule has 0 atom stereocenters. The number of anilines is 2. The van der Waals surface area contributed by atoms with Crippen molar-refractivity contribution in [1.82, 2.24) is 15.0 Å². The molecule has 34 heavy (non-hydrogen) atoms. The van der Waals surface area contributed by atoms with Gasteiger partial charge in [-0.1, -0.05) is 0 Å². The van der Waals surface area contributed by atoms with E-state index in [0.717, 1.165) is 18.4 Å². The van der Waals surface area contributed by atoms with Gasteiger partial charge in [-0.2, -0.15) is 0 Å². The van der Waals surface area contributed by atoms with E-state index < -0.39 is 12.3 Å². The maximum Gasteiger partial charge on any atom is 0.573 e. The predicted octanol–water partition coefficient (Wildman–Crippen LogP) is 4.10. The number of aromatic nitrogens is 3. The van der Waals surface area contributed by atoms with E-state index in [9.17, 15) is 22.8 Å². The lowest BCUT2D eigenvalue weighted by molar-refractivity contribution is -0.274. The molecule has 11 heteroatoms. The molecule has 1 N–H and O–H groups in total. The van der Waals surface area contributed by atoms with Gasteiger partial charge in [0.25, 0.3) is 5.91 Å². The van der Waals surface area contributed by atoms with Crippen molar-refractivity contribution in [2.75, 3.05) is 23.3 Å². The van der Waals surface area contributed by atoms with Gasteiger partial charge in [0, 0.05) is 54.4 Å². The highest BCUT2D eigenvalue weighted by Crippen LogP contribution is 2.32. The quantitative estimate of drug-likeness (QED) is 0.541. The van der Waals surface area contributed by atoms with Gasteiger partial charge in [0.2, 0.25) is 0 Å². The molecular formula is C23H20F3N5O3. The maximum absolute atomic E-state index is 12.8. The molecule has 1 fully saturated rings. The van der Waals surface area contributed by atoms with E-state index in [-0.39, 0.29) is 17.2 Å². The number of pyridine rings is 1. The molecule has 2 aromatic heterocycles. The molecule has 3 heterocycles. The molecule has 176 valence electrons. The van der Waals surface area contributed by atoms with E-state index in [1.807, 2.05) is 0 Å². The summed E-state index contributed by atoms with van der Waals surface area (Å²) in [6.45, 7) is 1.30. The lowest BCUT2D eigenvalue weighted by Crippen LogP contribution is -2.35. The Morgan fingerprint density at radius 2 is 1.76 bits per heavy atom. The molecule has 0 bridgehead atoms. The van der Waals surface area contributed by atoms with Crippen molar-refractivity contribution in [2.45, 2.75) is 19.2 Å². The second-order valence-electron chi connectivity index (χ2n) is 7.71. The number of aldehydes is 1. The van der Waals surface area contributed by atoms with Crippen LogP contribution in [-0.4, -0.2) is 46.6 Å². The monoisotopic (exact) mass is 471 g/mol. The molecule has 0 aliphatic carbocycles. The Morgan fingerprint density at radius 1 is 1.09 bits per heavy atom. The number of hydrogen-bond donors (Lipinski definition) is 1. The van der Waals surface area contributed by atoms with Crippen LogP contribution in [0.1, 0.15) is 23.2 Å². The number of carbonyl (C=O) groups is 2. The largest absolute Gasteiger partial charge is 0.573 e. The lowest BCUT2D eigenvalue weighted by Gasteiger charge is -2.32. The average molecular weight is 471 g/mol. The number of halogens is 3. The summed E-state index contributed by atoms with van der Waals surface area (Å²) < 4.78 is 40.8. The van der Waals surface area contributed by atoms with Crippen LogP contribution in [0.25, 0.3) is 11.1 Å². The Labute approximate surface area is 192 Å². The first-order valence-electron chi connectivity index (χ1n) is 10.5. The number of hydrogen-bond acceptors (Lipinski definition) is 7. The summed E-state index contributed by atoms with van der Waals surface area (Å²) in [5.41, 5.74) is 1.88. The van der Waals surface area contributed by atoms with Crippen LogP contribution in [0.2, 0.25) is 0 Å². The first-order valence-corrected chi connectivity index (χ1v) is 10.5. The second-order valence-corrected chi connectivity index (χ2v) is 7.71. The number of rotatable bonds is 6. The van der Waals surface area contributed by atoms with Crippen molar-refractivity contribution in [3.63, 3.8) is 0 Å². The smallest absolute Gasteiger partial charge is 0.406 e. The molecule has 1 amide bonds. The fourth-order valence-electron chi connectivity index (χ4n) is 3.67.